The van der Waals surface area contributed by atoms with Crippen molar-refractivity contribution in [3.05, 3.63) is 41.1 Å². The highest BCUT2D eigenvalue weighted by Gasteiger charge is 2.65. The number of para-hydroxylation sites is 1. The number of nitrogens with one attached hydrogen (secondary N) is 1. The summed E-state index contributed by atoms with van der Waals surface area (Å²) in [6.45, 7) is 3.87. The predicted octanol–water partition coefficient (Wildman–Crippen LogP) is 1.88. The summed E-state index contributed by atoms with van der Waals surface area (Å²) in [5.74, 6) is -0.136. The van der Waals surface area contributed by atoms with E-state index >= 15 is 0 Å². The van der Waals surface area contributed by atoms with Gasteiger partial charge in [0.1, 0.15) is 0 Å². The molecule has 0 radical (unpaired) electrons. The van der Waals surface area contributed by atoms with Gasteiger partial charge >= 0.3 is 5.97 Å². The molecule has 2 fully saturated rings. The second-order valence-corrected chi connectivity index (χ2v) is 7.87. The van der Waals surface area contributed by atoms with Crippen LogP contribution in [-0.4, -0.2) is 48.3 Å². The molecule has 5 unspecified atom stereocenters. The van der Waals surface area contributed by atoms with Gasteiger partial charge < -0.3 is 15.2 Å². The maximum absolute atomic E-state index is 12.8. The summed E-state index contributed by atoms with van der Waals surface area (Å²) < 4.78 is 5.19. The Balaban J connectivity index is 1.83. The number of ether oxygens (including phenoxy) is 1. The van der Waals surface area contributed by atoms with Crippen LogP contribution >= 0.6 is 0 Å². The van der Waals surface area contributed by atoms with Crippen LogP contribution in [0.25, 0.3) is 0 Å². The van der Waals surface area contributed by atoms with Gasteiger partial charge in [0, 0.05) is 29.3 Å². The molecule has 2 N–H and O–H groups in total. The number of carbonyl (C=O) groups is 1. The molecule has 2 bridgehead atoms. The number of anilines is 1. The SMILES string of the molecule is COC(=O)C1=C2Nc3ccccc3C23CCN2CCC1C(C(C)O)C23. The van der Waals surface area contributed by atoms with Crippen molar-refractivity contribution in [1.82, 2.24) is 4.90 Å². The van der Waals surface area contributed by atoms with Gasteiger partial charge in [0.2, 0.25) is 0 Å². The van der Waals surface area contributed by atoms with Crippen LogP contribution in [0.15, 0.2) is 35.5 Å². The molecule has 3 heterocycles. The van der Waals surface area contributed by atoms with Gasteiger partial charge in [0.15, 0.2) is 0 Å². The highest BCUT2D eigenvalue weighted by Crippen LogP contribution is 2.62. The maximum Gasteiger partial charge on any atom is 0.335 e. The summed E-state index contributed by atoms with van der Waals surface area (Å²) >= 11 is 0. The Morgan fingerprint density at radius 1 is 1.40 bits per heavy atom. The molecule has 1 aromatic rings. The third-order valence-electron chi connectivity index (χ3n) is 6.96. The Kier molecular flexibility index (Phi) is 3.13. The van der Waals surface area contributed by atoms with Crippen molar-refractivity contribution in [2.24, 2.45) is 11.8 Å². The van der Waals surface area contributed by atoms with Crippen molar-refractivity contribution in [1.29, 1.82) is 0 Å². The number of fused-ring (bicyclic) bond motifs is 2. The van der Waals surface area contributed by atoms with E-state index < -0.39 is 6.10 Å². The number of rotatable bonds is 2. The minimum Gasteiger partial charge on any atom is -0.466 e. The zero-order valence-corrected chi connectivity index (χ0v) is 14.7. The van der Waals surface area contributed by atoms with Gasteiger partial charge in [0.25, 0.3) is 0 Å². The number of esters is 1. The lowest BCUT2D eigenvalue weighted by molar-refractivity contribution is -0.138. The number of aliphatic hydroxyl groups excluding tert-OH is 1. The van der Waals surface area contributed by atoms with E-state index in [1.54, 1.807) is 0 Å². The number of hydrogen-bond acceptors (Lipinski definition) is 5. The molecule has 5 heteroatoms. The molecule has 25 heavy (non-hydrogen) atoms. The van der Waals surface area contributed by atoms with Crippen LogP contribution in [0.5, 0.6) is 0 Å². The van der Waals surface area contributed by atoms with Crippen LogP contribution in [0.2, 0.25) is 0 Å². The fourth-order valence-electron chi connectivity index (χ4n) is 6.18. The van der Waals surface area contributed by atoms with Crippen LogP contribution in [0, 0.1) is 11.8 Å². The first-order chi connectivity index (χ1) is 12.1. The molecule has 2 saturated heterocycles. The normalized spacial score (nSPS) is 36.5. The number of benzene rings is 1. The predicted molar refractivity (Wildman–Crippen MR) is 94.0 cm³/mol. The molecule has 5 atom stereocenters. The highest BCUT2D eigenvalue weighted by molar-refractivity contribution is 5.93. The molecule has 1 spiro atoms. The van der Waals surface area contributed by atoms with Gasteiger partial charge in [-0.05, 0) is 44.5 Å². The van der Waals surface area contributed by atoms with Crippen molar-refractivity contribution < 1.29 is 14.6 Å². The minimum atomic E-state index is -0.457. The first kappa shape index (κ1) is 15.4. The van der Waals surface area contributed by atoms with Crippen LogP contribution in [0.4, 0.5) is 5.69 Å². The van der Waals surface area contributed by atoms with E-state index in [2.05, 4.69) is 28.4 Å². The van der Waals surface area contributed by atoms with Gasteiger partial charge in [-0.3, -0.25) is 4.90 Å². The van der Waals surface area contributed by atoms with E-state index in [0.717, 1.165) is 42.9 Å². The lowest BCUT2D eigenvalue weighted by Gasteiger charge is -2.53. The molecule has 132 valence electrons. The van der Waals surface area contributed by atoms with Crippen molar-refractivity contribution in [2.45, 2.75) is 37.3 Å². The average Bonchev–Trinajstić information content (AvgIpc) is 3.17. The summed E-state index contributed by atoms with van der Waals surface area (Å²) in [4.78, 5) is 15.3. The van der Waals surface area contributed by atoms with E-state index in [0.29, 0.717) is 0 Å². The van der Waals surface area contributed by atoms with E-state index in [4.69, 9.17) is 4.74 Å². The molecule has 4 aliphatic rings. The second kappa shape index (κ2) is 5.08. The van der Waals surface area contributed by atoms with Gasteiger partial charge in [0.05, 0.1) is 24.2 Å². The fraction of sp³-hybridized carbons (Fsp3) is 0.550. The molecule has 0 aromatic heterocycles. The van der Waals surface area contributed by atoms with Gasteiger partial charge in [-0.25, -0.2) is 4.79 Å². The van der Waals surface area contributed by atoms with Crippen molar-refractivity contribution in [2.75, 3.05) is 25.5 Å². The largest absolute Gasteiger partial charge is 0.466 e. The lowest BCUT2D eigenvalue weighted by Crippen LogP contribution is -2.60. The Hall–Kier alpha value is -1.85. The highest BCUT2D eigenvalue weighted by atomic mass is 16.5. The topological polar surface area (TPSA) is 61.8 Å². The molecule has 0 amide bonds. The molecule has 0 saturated carbocycles. The zero-order valence-electron chi connectivity index (χ0n) is 14.7. The summed E-state index contributed by atoms with van der Waals surface area (Å²) in [7, 11) is 1.46. The summed E-state index contributed by atoms with van der Waals surface area (Å²) in [5.41, 5.74) is 3.94. The van der Waals surface area contributed by atoms with E-state index in [9.17, 15) is 9.90 Å². The van der Waals surface area contributed by atoms with Crippen LogP contribution in [-0.2, 0) is 14.9 Å². The van der Waals surface area contributed by atoms with E-state index in [-0.39, 0.29) is 29.3 Å². The molecule has 1 aliphatic carbocycles. The number of nitrogens with zero attached hydrogens (tertiary/aromatic N) is 1. The first-order valence-electron chi connectivity index (χ1n) is 9.21. The van der Waals surface area contributed by atoms with Gasteiger partial charge in [-0.1, -0.05) is 18.2 Å². The molecular formula is C20H24N2O3. The average molecular weight is 340 g/mol. The van der Waals surface area contributed by atoms with Crippen LogP contribution in [0.1, 0.15) is 25.3 Å². The molecule has 5 rings (SSSR count). The minimum absolute atomic E-state index is 0.0525. The van der Waals surface area contributed by atoms with Gasteiger partial charge in [-0.2, -0.15) is 0 Å². The molecule has 5 nitrogen and oxygen atoms in total. The Bertz CT molecular complexity index is 787. The molecule has 3 aliphatic heterocycles. The second-order valence-electron chi connectivity index (χ2n) is 7.87. The Labute approximate surface area is 147 Å². The fourth-order valence-corrected chi connectivity index (χ4v) is 6.18. The molecular weight excluding hydrogens is 316 g/mol. The monoisotopic (exact) mass is 340 g/mol. The first-order valence-corrected chi connectivity index (χ1v) is 9.21. The van der Waals surface area contributed by atoms with E-state index in [1.807, 2.05) is 13.0 Å². The number of hydrogen-bond donors (Lipinski definition) is 2. The number of aliphatic hydroxyl groups is 1. The maximum atomic E-state index is 12.8. The number of carbonyl (C=O) groups excluding carboxylic acids is 1. The summed E-state index contributed by atoms with van der Waals surface area (Å²) in [6, 6.07) is 8.62. The smallest absolute Gasteiger partial charge is 0.335 e. The third-order valence-corrected chi connectivity index (χ3v) is 6.96. The van der Waals surface area contributed by atoms with Crippen LogP contribution < -0.4 is 5.32 Å². The van der Waals surface area contributed by atoms with Crippen molar-refractivity contribution in [3.8, 4) is 0 Å². The van der Waals surface area contributed by atoms with Crippen molar-refractivity contribution >= 4 is 11.7 Å². The zero-order chi connectivity index (χ0) is 17.3. The van der Waals surface area contributed by atoms with E-state index in [1.165, 1.54) is 12.7 Å². The summed E-state index contributed by atoms with van der Waals surface area (Å²) in [5, 5.41) is 14.2. The summed E-state index contributed by atoms with van der Waals surface area (Å²) in [6.07, 6.45) is 1.42. The van der Waals surface area contributed by atoms with Crippen molar-refractivity contribution in [3.63, 3.8) is 0 Å². The number of methoxy groups -OCH3 is 1. The quantitative estimate of drug-likeness (QED) is 0.805. The van der Waals surface area contributed by atoms with Crippen LogP contribution in [0.3, 0.4) is 0 Å². The lowest BCUT2D eigenvalue weighted by atomic mass is 9.57. The Morgan fingerprint density at radius 2 is 2.20 bits per heavy atom. The molecule has 1 aromatic carbocycles. The Morgan fingerprint density at radius 3 is 2.96 bits per heavy atom. The standard InChI is InChI=1S/C20H24N2O3/c1-11(23)15-12-7-9-22-10-8-20(18(15)22)13-5-3-4-6-14(13)21-17(20)16(12)19(24)25-2/h3-6,11-12,15,18,21,23H,7-10H2,1-2H3. The van der Waals surface area contributed by atoms with Gasteiger partial charge in [-0.15, -0.1) is 0 Å². The number of piperidine rings is 1. The third kappa shape index (κ3) is 1.73.